The molecule has 8 nitrogen and oxygen atoms in total. The molecule has 2 aromatic heterocycles. The Labute approximate surface area is 200 Å². The molecule has 1 atom stereocenters. The standard InChI is InChI=1S/C24H24F3N7O/c1-15-12-33(9-8-32(15)2)19-5-3-4-16(10-19)21-14-34(31-28-21)13-18-7-6-17(11-20(18)25)23-29-30-24(35-23)22(26)27/h3-7,10-11,14-15,22H,8-9,12-13H2,1-2H3/t15-/m1/s1. The van der Waals surface area contributed by atoms with Gasteiger partial charge < -0.3 is 14.2 Å². The van der Waals surface area contributed by atoms with Crippen molar-refractivity contribution in [1.29, 1.82) is 0 Å². The first-order valence-electron chi connectivity index (χ1n) is 11.2. The van der Waals surface area contributed by atoms with Crippen molar-refractivity contribution < 1.29 is 17.6 Å². The lowest BCUT2D eigenvalue weighted by Crippen LogP contribution is -2.50. The summed E-state index contributed by atoms with van der Waals surface area (Å²) in [6.45, 7) is 5.29. The SMILES string of the molecule is C[C@@H]1CN(c2cccc(-c3cn(Cc4ccc(-c5nnc(C(F)F)o5)cc4F)nn3)c2)CCN1C. The largest absolute Gasteiger partial charge is 0.415 e. The molecule has 0 spiro atoms. The van der Waals surface area contributed by atoms with E-state index in [4.69, 9.17) is 4.42 Å². The van der Waals surface area contributed by atoms with Crippen LogP contribution in [0.15, 0.2) is 53.1 Å². The molecule has 0 amide bonds. The molecule has 1 fully saturated rings. The lowest BCUT2D eigenvalue weighted by atomic mass is 10.1. The highest BCUT2D eigenvalue weighted by Gasteiger charge is 2.21. The van der Waals surface area contributed by atoms with Crippen LogP contribution in [0.3, 0.4) is 0 Å². The van der Waals surface area contributed by atoms with Crippen molar-refractivity contribution in [2.75, 3.05) is 31.6 Å². The van der Waals surface area contributed by atoms with Gasteiger partial charge in [-0.15, -0.1) is 15.3 Å². The molecule has 1 aliphatic rings. The first kappa shape index (κ1) is 23.0. The van der Waals surface area contributed by atoms with E-state index in [1.807, 2.05) is 12.1 Å². The summed E-state index contributed by atoms with van der Waals surface area (Å²) in [5.41, 5.74) is 3.34. The van der Waals surface area contributed by atoms with Crippen molar-refractivity contribution in [3.05, 3.63) is 65.9 Å². The van der Waals surface area contributed by atoms with E-state index in [1.165, 1.54) is 12.1 Å². The molecule has 1 saturated heterocycles. The highest BCUT2D eigenvalue weighted by molar-refractivity contribution is 5.65. The van der Waals surface area contributed by atoms with Crippen molar-refractivity contribution in [3.8, 4) is 22.7 Å². The zero-order valence-corrected chi connectivity index (χ0v) is 19.3. The van der Waals surface area contributed by atoms with E-state index >= 15 is 0 Å². The quantitative estimate of drug-likeness (QED) is 0.406. The van der Waals surface area contributed by atoms with Crippen LogP contribution >= 0.6 is 0 Å². The third kappa shape index (κ3) is 4.90. The number of alkyl halides is 2. The van der Waals surface area contributed by atoms with Crippen LogP contribution in [0, 0.1) is 5.82 Å². The van der Waals surface area contributed by atoms with Gasteiger partial charge >= 0.3 is 6.43 Å². The molecule has 35 heavy (non-hydrogen) atoms. The lowest BCUT2D eigenvalue weighted by Gasteiger charge is -2.39. The average Bonchev–Trinajstić information content (AvgIpc) is 3.53. The summed E-state index contributed by atoms with van der Waals surface area (Å²) in [5, 5.41) is 15.2. The highest BCUT2D eigenvalue weighted by Crippen LogP contribution is 2.27. The first-order chi connectivity index (χ1) is 16.9. The molecular formula is C24H24F3N7O. The Balaban J connectivity index is 1.30. The van der Waals surface area contributed by atoms with Crippen LogP contribution in [0.5, 0.6) is 0 Å². The van der Waals surface area contributed by atoms with Crippen molar-refractivity contribution in [2.45, 2.75) is 25.9 Å². The van der Waals surface area contributed by atoms with Gasteiger partial charge in [0.15, 0.2) is 0 Å². The smallest absolute Gasteiger partial charge is 0.314 e. The van der Waals surface area contributed by atoms with Crippen LogP contribution in [0.25, 0.3) is 22.7 Å². The van der Waals surface area contributed by atoms with Crippen LogP contribution in [0.4, 0.5) is 18.9 Å². The minimum Gasteiger partial charge on any atom is -0.415 e. The predicted molar refractivity (Wildman–Crippen MR) is 124 cm³/mol. The third-order valence-corrected chi connectivity index (χ3v) is 6.27. The summed E-state index contributed by atoms with van der Waals surface area (Å²) >= 11 is 0. The number of hydrogen-bond acceptors (Lipinski definition) is 7. The summed E-state index contributed by atoms with van der Waals surface area (Å²) in [6, 6.07) is 12.9. The Morgan fingerprint density at radius 1 is 1.06 bits per heavy atom. The molecule has 1 aliphatic heterocycles. The number of rotatable bonds is 6. The second-order valence-electron chi connectivity index (χ2n) is 8.68. The normalized spacial score (nSPS) is 16.9. The maximum Gasteiger partial charge on any atom is 0.314 e. The Hall–Kier alpha value is -3.73. The zero-order chi connectivity index (χ0) is 24.5. The van der Waals surface area contributed by atoms with Crippen molar-refractivity contribution in [1.82, 2.24) is 30.1 Å². The molecule has 0 bridgehead atoms. The van der Waals surface area contributed by atoms with Crippen LogP contribution < -0.4 is 4.90 Å². The number of piperazine rings is 1. The zero-order valence-electron chi connectivity index (χ0n) is 19.3. The van der Waals surface area contributed by atoms with Gasteiger partial charge in [-0.05, 0) is 38.2 Å². The van der Waals surface area contributed by atoms with E-state index in [0.29, 0.717) is 17.3 Å². The number of hydrogen-bond donors (Lipinski definition) is 0. The molecule has 3 heterocycles. The lowest BCUT2D eigenvalue weighted by molar-refractivity contribution is 0.116. The Kier molecular flexibility index (Phi) is 6.25. The molecule has 0 saturated carbocycles. The predicted octanol–water partition coefficient (Wildman–Crippen LogP) is 4.26. The molecule has 0 N–H and O–H groups in total. The van der Waals surface area contributed by atoms with Gasteiger partial charge in [0.2, 0.25) is 5.89 Å². The average molecular weight is 483 g/mol. The molecular weight excluding hydrogens is 459 g/mol. The summed E-state index contributed by atoms with van der Waals surface area (Å²) < 4.78 is 46.5. The number of aromatic nitrogens is 5. The molecule has 0 radical (unpaired) electrons. The van der Waals surface area contributed by atoms with E-state index in [2.05, 4.69) is 56.4 Å². The minimum absolute atomic E-state index is 0.154. The van der Waals surface area contributed by atoms with E-state index < -0.39 is 18.1 Å². The van der Waals surface area contributed by atoms with Gasteiger partial charge in [-0.3, -0.25) is 0 Å². The van der Waals surface area contributed by atoms with Gasteiger partial charge in [0.1, 0.15) is 11.5 Å². The second kappa shape index (κ2) is 9.49. The minimum atomic E-state index is -2.88. The molecule has 2 aromatic carbocycles. The van der Waals surface area contributed by atoms with Gasteiger partial charge in [-0.2, -0.15) is 8.78 Å². The Morgan fingerprint density at radius 2 is 1.91 bits per heavy atom. The first-order valence-corrected chi connectivity index (χ1v) is 11.2. The maximum atomic E-state index is 14.7. The number of benzene rings is 2. The van der Waals surface area contributed by atoms with Gasteiger partial charge in [0, 0.05) is 48.1 Å². The summed E-state index contributed by atoms with van der Waals surface area (Å²) in [6.07, 6.45) is -1.11. The van der Waals surface area contributed by atoms with E-state index in [9.17, 15) is 13.2 Å². The number of likely N-dealkylation sites (N-methyl/N-ethyl adjacent to an activating group) is 1. The highest BCUT2D eigenvalue weighted by atomic mass is 19.3. The number of halogens is 3. The Morgan fingerprint density at radius 3 is 2.66 bits per heavy atom. The van der Waals surface area contributed by atoms with Crippen LogP contribution in [-0.2, 0) is 6.54 Å². The number of anilines is 1. The van der Waals surface area contributed by atoms with Crippen molar-refractivity contribution in [3.63, 3.8) is 0 Å². The van der Waals surface area contributed by atoms with E-state index in [0.717, 1.165) is 30.9 Å². The van der Waals surface area contributed by atoms with Gasteiger partial charge in [-0.25, -0.2) is 9.07 Å². The van der Waals surface area contributed by atoms with E-state index in [-0.39, 0.29) is 18.0 Å². The molecule has 5 rings (SSSR count). The topological polar surface area (TPSA) is 76.1 Å². The molecule has 11 heteroatoms. The van der Waals surface area contributed by atoms with Crippen LogP contribution in [0.1, 0.15) is 24.8 Å². The van der Waals surface area contributed by atoms with Crippen molar-refractivity contribution in [2.24, 2.45) is 0 Å². The fourth-order valence-electron chi connectivity index (χ4n) is 4.08. The summed E-state index contributed by atoms with van der Waals surface area (Å²) in [7, 11) is 2.14. The van der Waals surface area contributed by atoms with E-state index in [1.54, 1.807) is 16.9 Å². The molecule has 0 unspecified atom stereocenters. The third-order valence-electron chi connectivity index (χ3n) is 6.27. The van der Waals surface area contributed by atoms with Gasteiger partial charge in [0.25, 0.3) is 5.89 Å². The van der Waals surface area contributed by atoms with Crippen LogP contribution in [-0.4, -0.2) is 62.8 Å². The fourth-order valence-corrected chi connectivity index (χ4v) is 4.08. The second-order valence-corrected chi connectivity index (χ2v) is 8.68. The fraction of sp³-hybridized carbons (Fsp3) is 0.333. The monoisotopic (exact) mass is 483 g/mol. The summed E-state index contributed by atoms with van der Waals surface area (Å²) in [5.74, 6) is -1.50. The Bertz CT molecular complexity index is 1320. The molecule has 0 aliphatic carbocycles. The van der Waals surface area contributed by atoms with Crippen molar-refractivity contribution >= 4 is 5.69 Å². The summed E-state index contributed by atoms with van der Waals surface area (Å²) in [4.78, 5) is 4.71. The maximum absolute atomic E-state index is 14.7. The molecule has 4 aromatic rings. The molecule has 182 valence electrons. The van der Waals surface area contributed by atoms with Gasteiger partial charge in [-0.1, -0.05) is 23.4 Å². The van der Waals surface area contributed by atoms with Crippen LogP contribution in [0.2, 0.25) is 0 Å². The van der Waals surface area contributed by atoms with Gasteiger partial charge in [0.05, 0.1) is 12.7 Å². The number of nitrogens with zero attached hydrogens (tertiary/aromatic N) is 7.